The zero-order valence-corrected chi connectivity index (χ0v) is 11.2. The molecule has 1 aromatic carbocycles. The number of aliphatic carboxylic acids is 1. The zero-order chi connectivity index (χ0) is 14.7. The molecule has 5 nitrogen and oxygen atoms in total. The van der Waals surface area contributed by atoms with E-state index in [1.54, 1.807) is 29.2 Å². The van der Waals surface area contributed by atoms with Gasteiger partial charge in [-0.1, -0.05) is 25.1 Å². The summed E-state index contributed by atoms with van der Waals surface area (Å²) in [5, 5.41) is 18.5. The number of carboxylic acids is 1. The average molecular weight is 272 g/mol. The molecule has 1 N–H and O–H groups in total. The highest BCUT2D eigenvalue weighted by atomic mass is 16.4. The fourth-order valence-corrected chi connectivity index (χ4v) is 2.76. The van der Waals surface area contributed by atoms with Crippen LogP contribution >= 0.6 is 0 Å². The maximum atomic E-state index is 12.0. The van der Waals surface area contributed by atoms with Crippen molar-refractivity contribution < 1.29 is 14.7 Å². The van der Waals surface area contributed by atoms with Crippen LogP contribution in [0, 0.1) is 17.2 Å². The van der Waals surface area contributed by atoms with Crippen molar-refractivity contribution in [1.29, 1.82) is 5.26 Å². The minimum Gasteiger partial charge on any atom is -0.481 e. The number of hydrogen-bond donors (Lipinski definition) is 1. The van der Waals surface area contributed by atoms with E-state index in [4.69, 9.17) is 0 Å². The third kappa shape index (κ3) is 2.37. The lowest BCUT2D eigenvalue weighted by Crippen LogP contribution is -2.31. The van der Waals surface area contributed by atoms with Crippen LogP contribution in [0.15, 0.2) is 24.3 Å². The van der Waals surface area contributed by atoms with E-state index in [2.05, 4.69) is 6.07 Å². The zero-order valence-electron chi connectivity index (χ0n) is 11.2. The molecule has 1 saturated heterocycles. The summed E-state index contributed by atoms with van der Waals surface area (Å²) in [6.07, 6.45) is 0.753. The van der Waals surface area contributed by atoms with Crippen molar-refractivity contribution in [2.45, 2.75) is 25.8 Å². The number of rotatable bonds is 4. The van der Waals surface area contributed by atoms with Crippen LogP contribution in [-0.4, -0.2) is 28.4 Å². The predicted octanol–water partition coefficient (Wildman–Crippen LogP) is 1.94. The van der Waals surface area contributed by atoms with Crippen molar-refractivity contribution in [3.63, 3.8) is 0 Å². The highest BCUT2D eigenvalue weighted by Crippen LogP contribution is 2.39. The Morgan fingerprint density at radius 3 is 2.80 bits per heavy atom. The molecule has 1 fully saturated rings. The van der Waals surface area contributed by atoms with E-state index in [9.17, 15) is 20.0 Å². The molecule has 0 radical (unpaired) electrons. The first-order valence-electron chi connectivity index (χ1n) is 6.61. The molecule has 0 spiro atoms. The van der Waals surface area contributed by atoms with Gasteiger partial charge in [0.25, 0.3) is 0 Å². The van der Waals surface area contributed by atoms with E-state index >= 15 is 0 Å². The molecule has 1 heterocycles. The van der Waals surface area contributed by atoms with Gasteiger partial charge in [0.05, 0.1) is 23.6 Å². The second-order valence-electron chi connectivity index (χ2n) is 4.88. The number of carboxylic acid groups (broad SMARTS) is 1. The first-order chi connectivity index (χ1) is 9.60. The van der Waals surface area contributed by atoms with Gasteiger partial charge >= 0.3 is 5.97 Å². The molecule has 2 atom stereocenters. The molecule has 0 aliphatic carbocycles. The molecule has 2 unspecified atom stereocenters. The standard InChI is InChI=1S/C15H16N2O3/c1-2-7-17-13(18)8-12(15(19)20)14(17)11-6-4-3-5-10(11)9-16/h3-6,12,14H,2,7-8H2,1H3,(H,19,20). The smallest absolute Gasteiger partial charge is 0.309 e. The molecule has 2 rings (SSSR count). The highest BCUT2D eigenvalue weighted by molar-refractivity contribution is 5.87. The van der Waals surface area contributed by atoms with Crippen LogP contribution in [0.2, 0.25) is 0 Å². The van der Waals surface area contributed by atoms with Gasteiger partial charge < -0.3 is 10.0 Å². The minimum atomic E-state index is -0.991. The van der Waals surface area contributed by atoms with E-state index in [1.807, 2.05) is 6.92 Å². The van der Waals surface area contributed by atoms with Gasteiger partial charge in [0, 0.05) is 13.0 Å². The Labute approximate surface area is 117 Å². The van der Waals surface area contributed by atoms with Crippen LogP contribution in [0.5, 0.6) is 0 Å². The number of hydrogen-bond acceptors (Lipinski definition) is 3. The van der Waals surface area contributed by atoms with Gasteiger partial charge in [-0.25, -0.2) is 0 Å². The largest absolute Gasteiger partial charge is 0.481 e. The summed E-state index contributed by atoms with van der Waals surface area (Å²) in [6.45, 7) is 2.45. The summed E-state index contributed by atoms with van der Waals surface area (Å²) in [7, 11) is 0. The summed E-state index contributed by atoms with van der Waals surface area (Å²) in [5.41, 5.74) is 1.06. The number of nitriles is 1. The van der Waals surface area contributed by atoms with Crippen LogP contribution in [0.25, 0.3) is 0 Å². The number of likely N-dealkylation sites (tertiary alicyclic amines) is 1. The first-order valence-corrected chi connectivity index (χ1v) is 6.61. The highest BCUT2D eigenvalue weighted by Gasteiger charge is 2.44. The summed E-state index contributed by atoms with van der Waals surface area (Å²) in [5.74, 6) is -1.93. The lowest BCUT2D eigenvalue weighted by atomic mass is 9.91. The van der Waals surface area contributed by atoms with Crippen LogP contribution < -0.4 is 0 Å². The van der Waals surface area contributed by atoms with E-state index in [-0.39, 0.29) is 12.3 Å². The lowest BCUT2D eigenvalue weighted by Gasteiger charge is -2.27. The van der Waals surface area contributed by atoms with E-state index < -0.39 is 17.9 Å². The third-order valence-electron chi connectivity index (χ3n) is 3.61. The molecule has 0 bridgehead atoms. The number of nitrogens with zero attached hydrogens (tertiary/aromatic N) is 2. The number of carbonyl (C=O) groups is 2. The molecule has 1 aromatic rings. The van der Waals surface area contributed by atoms with Gasteiger partial charge in [-0.15, -0.1) is 0 Å². The lowest BCUT2D eigenvalue weighted by molar-refractivity contribution is -0.142. The van der Waals surface area contributed by atoms with Gasteiger partial charge in [-0.2, -0.15) is 5.26 Å². The van der Waals surface area contributed by atoms with E-state index in [0.29, 0.717) is 17.7 Å². The van der Waals surface area contributed by atoms with Gasteiger partial charge in [0.1, 0.15) is 0 Å². The molecule has 20 heavy (non-hydrogen) atoms. The van der Waals surface area contributed by atoms with E-state index in [0.717, 1.165) is 6.42 Å². The second kappa shape index (κ2) is 5.74. The molecule has 0 aromatic heterocycles. The Kier molecular flexibility index (Phi) is 4.04. The van der Waals surface area contributed by atoms with Crippen LogP contribution in [-0.2, 0) is 9.59 Å². The molecular weight excluding hydrogens is 256 g/mol. The summed E-state index contributed by atoms with van der Waals surface area (Å²) >= 11 is 0. The van der Waals surface area contributed by atoms with Crippen molar-refractivity contribution >= 4 is 11.9 Å². The van der Waals surface area contributed by atoms with Crippen molar-refractivity contribution in [1.82, 2.24) is 4.90 Å². The van der Waals surface area contributed by atoms with Crippen LogP contribution in [0.3, 0.4) is 0 Å². The quantitative estimate of drug-likeness (QED) is 0.908. The normalized spacial score (nSPS) is 21.8. The molecule has 5 heteroatoms. The van der Waals surface area contributed by atoms with Crippen molar-refractivity contribution in [3.8, 4) is 6.07 Å². The maximum Gasteiger partial charge on any atom is 0.309 e. The molecule has 1 aliphatic rings. The van der Waals surface area contributed by atoms with Crippen molar-refractivity contribution in [3.05, 3.63) is 35.4 Å². The van der Waals surface area contributed by atoms with Gasteiger partial charge in [0.2, 0.25) is 5.91 Å². The van der Waals surface area contributed by atoms with Gasteiger partial charge in [-0.05, 0) is 18.1 Å². The average Bonchev–Trinajstić information content (AvgIpc) is 2.77. The monoisotopic (exact) mass is 272 g/mol. The van der Waals surface area contributed by atoms with Crippen LogP contribution in [0.1, 0.15) is 36.9 Å². The Morgan fingerprint density at radius 1 is 1.50 bits per heavy atom. The van der Waals surface area contributed by atoms with Gasteiger partial charge in [-0.3, -0.25) is 9.59 Å². The second-order valence-corrected chi connectivity index (χ2v) is 4.88. The number of carbonyl (C=O) groups excluding carboxylic acids is 1. The topological polar surface area (TPSA) is 81.4 Å². The fourth-order valence-electron chi connectivity index (χ4n) is 2.76. The first kappa shape index (κ1) is 14.1. The molecule has 1 aliphatic heterocycles. The number of amides is 1. The fraction of sp³-hybridized carbons (Fsp3) is 0.400. The summed E-state index contributed by atoms with van der Waals surface area (Å²) in [6, 6.07) is 8.42. The molecular formula is C15H16N2O3. The summed E-state index contributed by atoms with van der Waals surface area (Å²) < 4.78 is 0. The Bertz CT molecular complexity index is 577. The minimum absolute atomic E-state index is 0.000235. The molecule has 104 valence electrons. The molecule has 1 amide bonds. The molecule has 0 saturated carbocycles. The van der Waals surface area contributed by atoms with Crippen molar-refractivity contribution in [2.75, 3.05) is 6.54 Å². The Hall–Kier alpha value is -2.35. The Morgan fingerprint density at radius 2 is 2.20 bits per heavy atom. The number of benzene rings is 1. The predicted molar refractivity (Wildman–Crippen MR) is 71.6 cm³/mol. The van der Waals surface area contributed by atoms with Crippen LogP contribution in [0.4, 0.5) is 0 Å². The summed E-state index contributed by atoms with van der Waals surface area (Å²) in [4.78, 5) is 25.1. The van der Waals surface area contributed by atoms with Crippen molar-refractivity contribution in [2.24, 2.45) is 5.92 Å². The van der Waals surface area contributed by atoms with E-state index in [1.165, 1.54) is 0 Å². The maximum absolute atomic E-state index is 12.0. The Balaban J connectivity index is 2.49. The third-order valence-corrected chi connectivity index (χ3v) is 3.61. The SMILES string of the molecule is CCCN1C(=O)CC(C(=O)O)C1c1ccccc1C#N. The van der Waals surface area contributed by atoms with Gasteiger partial charge in [0.15, 0.2) is 0 Å².